The monoisotopic (exact) mass is 359 g/mol. The van der Waals surface area contributed by atoms with E-state index in [0.717, 1.165) is 16.8 Å². The van der Waals surface area contributed by atoms with Crippen molar-refractivity contribution in [3.05, 3.63) is 53.1 Å². The molecule has 0 fully saturated rings. The average molecular weight is 359 g/mol. The second-order valence-electron chi connectivity index (χ2n) is 5.45. The SMILES string of the molecule is COc1cc(OC)cc(C(=O)NNC(=S)Nc2cc(C)ccc2C)c1. The summed E-state index contributed by atoms with van der Waals surface area (Å²) in [6.45, 7) is 3.98. The van der Waals surface area contributed by atoms with Crippen molar-refractivity contribution in [1.29, 1.82) is 0 Å². The molecule has 6 nitrogen and oxygen atoms in total. The Labute approximate surface area is 152 Å². The lowest BCUT2D eigenvalue weighted by Gasteiger charge is -2.14. The number of nitrogens with one attached hydrogen (secondary N) is 3. The molecule has 0 aromatic heterocycles. The lowest BCUT2D eigenvalue weighted by atomic mass is 10.1. The van der Waals surface area contributed by atoms with Crippen molar-refractivity contribution in [1.82, 2.24) is 10.9 Å². The number of benzene rings is 2. The van der Waals surface area contributed by atoms with Gasteiger partial charge in [-0.25, -0.2) is 0 Å². The van der Waals surface area contributed by atoms with Gasteiger partial charge in [-0.3, -0.25) is 15.6 Å². The van der Waals surface area contributed by atoms with Gasteiger partial charge in [-0.05, 0) is 55.4 Å². The summed E-state index contributed by atoms with van der Waals surface area (Å²) in [5.74, 6) is 0.698. The van der Waals surface area contributed by atoms with Crippen molar-refractivity contribution in [3.8, 4) is 11.5 Å². The van der Waals surface area contributed by atoms with E-state index in [0.29, 0.717) is 17.1 Å². The maximum absolute atomic E-state index is 12.3. The number of ether oxygens (including phenoxy) is 2. The number of carbonyl (C=O) groups excluding carboxylic acids is 1. The minimum Gasteiger partial charge on any atom is -0.497 e. The van der Waals surface area contributed by atoms with Gasteiger partial charge >= 0.3 is 0 Å². The van der Waals surface area contributed by atoms with Gasteiger partial charge in [0.05, 0.1) is 14.2 Å². The Balaban J connectivity index is 1.99. The molecule has 0 aliphatic rings. The van der Waals surface area contributed by atoms with E-state index in [1.165, 1.54) is 14.2 Å². The van der Waals surface area contributed by atoms with Crippen molar-refractivity contribution >= 4 is 28.9 Å². The molecule has 1 amide bonds. The third-order valence-electron chi connectivity index (χ3n) is 3.54. The topological polar surface area (TPSA) is 71.6 Å². The van der Waals surface area contributed by atoms with Gasteiger partial charge in [0.15, 0.2) is 5.11 Å². The molecule has 132 valence electrons. The van der Waals surface area contributed by atoms with Crippen LogP contribution >= 0.6 is 12.2 Å². The highest BCUT2D eigenvalue weighted by molar-refractivity contribution is 7.80. The first-order valence-corrected chi connectivity index (χ1v) is 8.01. The summed E-state index contributed by atoms with van der Waals surface area (Å²) in [4.78, 5) is 12.3. The van der Waals surface area contributed by atoms with Gasteiger partial charge in [-0.15, -0.1) is 0 Å². The molecule has 2 rings (SSSR count). The Kier molecular flexibility index (Phi) is 6.19. The quantitative estimate of drug-likeness (QED) is 0.576. The normalized spacial score (nSPS) is 9.92. The highest BCUT2D eigenvalue weighted by Crippen LogP contribution is 2.22. The predicted molar refractivity (Wildman–Crippen MR) is 102 cm³/mol. The van der Waals surface area contributed by atoms with Crippen molar-refractivity contribution in [3.63, 3.8) is 0 Å². The van der Waals surface area contributed by atoms with Crippen LogP contribution in [0.3, 0.4) is 0 Å². The minimum atomic E-state index is -0.359. The second-order valence-corrected chi connectivity index (χ2v) is 5.86. The van der Waals surface area contributed by atoms with Crippen LogP contribution in [0.5, 0.6) is 11.5 Å². The number of methoxy groups -OCH3 is 2. The summed E-state index contributed by atoms with van der Waals surface area (Å²) in [5.41, 5.74) is 8.68. The maximum atomic E-state index is 12.3. The average Bonchev–Trinajstić information content (AvgIpc) is 2.62. The first-order chi connectivity index (χ1) is 11.9. The van der Waals surface area contributed by atoms with Gasteiger partial charge in [0.1, 0.15) is 11.5 Å². The molecular weight excluding hydrogens is 338 g/mol. The van der Waals surface area contributed by atoms with E-state index in [4.69, 9.17) is 21.7 Å². The number of hydrogen-bond acceptors (Lipinski definition) is 4. The summed E-state index contributed by atoms with van der Waals surface area (Å²) in [5, 5.41) is 3.35. The summed E-state index contributed by atoms with van der Waals surface area (Å²) < 4.78 is 10.3. The molecule has 0 unspecified atom stereocenters. The van der Waals surface area contributed by atoms with Crippen LogP contribution in [0.15, 0.2) is 36.4 Å². The van der Waals surface area contributed by atoms with Crippen molar-refractivity contribution < 1.29 is 14.3 Å². The molecule has 0 heterocycles. The Hall–Kier alpha value is -2.80. The minimum absolute atomic E-state index is 0.289. The Morgan fingerprint density at radius 1 is 0.960 bits per heavy atom. The molecule has 2 aromatic rings. The standard InChI is InChI=1S/C18H21N3O3S/c1-11-5-6-12(2)16(7-11)19-18(25)21-20-17(22)13-8-14(23-3)10-15(9-13)24-4/h5-10H,1-4H3,(H,20,22)(H2,19,21,25). The smallest absolute Gasteiger partial charge is 0.269 e. The van der Waals surface area contributed by atoms with E-state index >= 15 is 0 Å². The molecule has 0 bridgehead atoms. The van der Waals surface area contributed by atoms with Crippen molar-refractivity contribution in [2.75, 3.05) is 19.5 Å². The zero-order chi connectivity index (χ0) is 18.4. The molecule has 7 heteroatoms. The summed E-state index contributed by atoms with van der Waals surface area (Å²) >= 11 is 5.22. The van der Waals surface area contributed by atoms with Crippen molar-refractivity contribution in [2.45, 2.75) is 13.8 Å². The lowest BCUT2D eigenvalue weighted by Crippen LogP contribution is -2.43. The maximum Gasteiger partial charge on any atom is 0.269 e. The molecule has 0 aliphatic heterocycles. The molecule has 0 saturated heterocycles. The van der Waals surface area contributed by atoms with Gasteiger partial charge in [0.2, 0.25) is 0 Å². The third kappa shape index (κ3) is 5.09. The van der Waals surface area contributed by atoms with Gasteiger partial charge in [0, 0.05) is 17.3 Å². The first kappa shape index (κ1) is 18.5. The first-order valence-electron chi connectivity index (χ1n) is 7.60. The largest absolute Gasteiger partial charge is 0.497 e. The summed E-state index contributed by atoms with van der Waals surface area (Å²) in [7, 11) is 3.05. The Bertz CT molecular complexity index is 771. The summed E-state index contributed by atoms with van der Waals surface area (Å²) in [6.07, 6.45) is 0. The Morgan fingerprint density at radius 3 is 2.20 bits per heavy atom. The third-order valence-corrected chi connectivity index (χ3v) is 3.75. The van der Waals surface area contributed by atoms with Gasteiger partial charge in [0.25, 0.3) is 5.91 Å². The van der Waals surface area contributed by atoms with Gasteiger partial charge in [-0.2, -0.15) is 0 Å². The van der Waals surface area contributed by atoms with Crippen LogP contribution in [-0.4, -0.2) is 25.2 Å². The number of rotatable bonds is 4. The number of thiocarbonyl (C=S) groups is 1. The lowest BCUT2D eigenvalue weighted by molar-refractivity contribution is 0.0943. The number of hydrogen-bond donors (Lipinski definition) is 3. The fraction of sp³-hybridized carbons (Fsp3) is 0.222. The van der Waals surface area contributed by atoms with Crippen LogP contribution in [0.4, 0.5) is 5.69 Å². The molecule has 0 aliphatic carbocycles. The predicted octanol–water partition coefficient (Wildman–Crippen LogP) is 2.95. The van der Waals surface area contributed by atoms with Crippen LogP contribution in [0.25, 0.3) is 0 Å². The Morgan fingerprint density at radius 2 is 1.60 bits per heavy atom. The van der Waals surface area contributed by atoms with Crippen LogP contribution in [0.1, 0.15) is 21.5 Å². The van der Waals surface area contributed by atoms with Crippen LogP contribution in [0, 0.1) is 13.8 Å². The molecule has 0 atom stereocenters. The van der Waals surface area contributed by atoms with Crippen LogP contribution in [0.2, 0.25) is 0 Å². The fourth-order valence-corrected chi connectivity index (χ4v) is 2.31. The number of anilines is 1. The van der Waals surface area contributed by atoms with Crippen LogP contribution in [-0.2, 0) is 0 Å². The molecule has 2 aromatic carbocycles. The molecular formula is C18H21N3O3S. The van der Waals surface area contributed by atoms with E-state index in [2.05, 4.69) is 16.2 Å². The van der Waals surface area contributed by atoms with Crippen molar-refractivity contribution in [2.24, 2.45) is 0 Å². The molecule has 0 saturated carbocycles. The van der Waals surface area contributed by atoms with Gasteiger partial charge in [-0.1, -0.05) is 12.1 Å². The number of hydrazine groups is 1. The highest BCUT2D eigenvalue weighted by Gasteiger charge is 2.10. The zero-order valence-corrected chi connectivity index (χ0v) is 15.4. The molecule has 25 heavy (non-hydrogen) atoms. The zero-order valence-electron chi connectivity index (χ0n) is 14.6. The fourth-order valence-electron chi connectivity index (χ4n) is 2.15. The molecule has 0 spiro atoms. The molecule has 3 N–H and O–H groups in total. The van der Waals surface area contributed by atoms with E-state index < -0.39 is 0 Å². The van der Waals surface area contributed by atoms with E-state index in [1.807, 2.05) is 32.0 Å². The number of amides is 1. The second kappa shape index (κ2) is 8.34. The van der Waals surface area contributed by atoms with Crippen LogP contribution < -0.4 is 25.6 Å². The van der Waals surface area contributed by atoms with E-state index in [-0.39, 0.29) is 11.0 Å². The number of carbonyl (C=O) groups is 1. The van der Waals surface area contributed by atoms with E-state index in [1.54, 1.807) is 18.2 Å². The molecule has 0 radical (unpaired) electrons. The summed E-state index contributed by atoms with van der Waals surface area (Å²) in [6, 6.07) is 10.9. The number of aryl methyl sites for hydroxylation is 2. The highest BCUT2D eigenvalue weighted by atomic mass is 32.1. The van der Waals surface area contributed by atoms with Gasteiger partial charge < -0.3 is 14.8 Å². The van der Waals surface area contributed by atoms with E-state index in [9.17, 15) is 4.79 Å².